The van der Waals surface area contributed by atoms with Crippen molar-refractivity contribution < 1.29 is 33.7 Å². The van der Waals surface area contributed by atoms with Gasteiger partial charge in [-0.25, -0.2) is 4.79 Å². The highest BCUT2D eigenvalue weighted by Gasteiger charge is 2.36. The number of rotatable bonds is 6. The fraction of sp³-hybridized carbons (Fsp3) is 0.208. The molecule has 0 aromatic heterocycles. The fourth-order valence-electron chi connectivity index (χ4n) is 3.80. The molecule has 0 spiro atoms. The van der Waals surface area contributed by atoms with E-state index in [2.05, 4.69) is 0 Å². The summed E-state index contributed by atoms with van der Waals surface area (Å²) in [5.74, 6) is -2.06. The van der Waals surface area contributed by atoms with Crippen LogP contribution < -0.4 is 4.74 Å². The highest BCUT2D eigenvalue weighted by Crippen LogP contribution is 2.39. The maximum Gasteiger partial charge on any atom is 0.336 e. The Morgan fingerprint density at radius 1 is 0.871 bits per heavy atom. The maximum absolute atomic E-state index is 13.1. The summed E-state index contributed by atoms with van der Waals surface area (Å²) >= 11 is 0. The number of Topliss-reactive ketones (excluding diaryl/α,β-unsaturated/α-hetero) is 2. The molecular formula is C24H22O7. The molecular weight excluding hydrogens is 400 g/mol. The quantitative estimate of drug-likeness (QED) is 0.707. The van der Waals surface area contributed by atoms with Crippen molar-refractivity contribution in [3.05, 3.63) is 70.2 Å². The minimum absolute atomic E-state index is 0.0134. The van der Waals surface area contributed by atoms with Crippen molar-refractivity contribution in [3.63, 3.8) is 0 Å². The molecule has 0 radical (unpaired) electrons. The molecule has 3 rings (SSSR count). The number of para-hydroxylation sites is 1. The Kier molecular flexibility index (Phi) is 5.97. The maximum atomic E-state index is 13.1. The van der Waals surface area contributed by atoms with Crippen molar-refractivity contribution in [2.45, 2.75) is 13.8 Å². The smallest absolute Gasteiger partial charge is 0.336 e. The molecule has 0 bridgehead atoms. The van der Waals surface area contributed by atoms with E-state index in [1.165, 1.54) is 34.3 Å². The molecule has 0 heterocycles. The van der Waals surface area contributed by atoms with Gasteiger partial charge in [-0.1, -0.05) is 24.3 Å². The lowest BCUT2D eigenvalue weighted by molar-refractivity contribution is -0.119. The molecule has 0 saturated carbocycles. The van der Waals surface area contributed by atoms with Crippen molar-refractivity contribution in [2.24, 2.45) is 0 Å². The van der Waals surface area contributed by atoms with Crippen LogP contribution in [0.15, 0.2) is 53.5 Å². The monoisotopic (exact) mass is 422 g/mol. The van der Waals surface area contributed by atoms with Gasteiger partial charge < -0.3 is 19.3 Å². The molecule has 1 aliphatic carbocycles. The van der Waals surface area contributed by atoms with E-state index < -0.39 is 17.5 Å². The fourth-order valence-corrected chi connectivity index (χ4v) is 3.80. The third-order valence-electron chi connectivity index (χ3n) is 5.20. The molecule has 0 unspecified atom stereocenters. The van der Waals surface area contributed by atoms with Crippen LogP contribution in [-0.2, 0) is 19.1 Å². The van der Waals surface area contributed by atoms with Crippen LogP contribution in [0.2, 0.25) is 0 Å². The van der Waals surface area contributed by atoms with Crippen molar-refractivity contribution >= 4 is 23.1 Å². The average molecular weight is 422 g/mol. The summed E-state index contributed by atoms with van der Waals surface area (Å²) in [6, 6.07) is 10.2. The van der Waals surface area contributed by atoms with Gasteiger partial charge in [0.25, 0.3) is 0 Å². The Bertz CT molecular complexity index is 1170. The zero-order chi connectivity index (χ0) is 22.9. The molecule has 2 aromatic carbocycles. The summed E-state index contributed by atoms with van der Waals surface area (Å²) in [7, 11) is 4.07. The number of methoxy groups -OCH3 is 3. The number of ether oxygens (including phenoxy) is 3. The van der Waals surface area contributed by atoms with E-state index in [1.54, 1.807) is 37.3 Å². The number of aromatic carboxylic acids is 1. The lowest BCUT2D eigenvalue weighted by Gasteiger charge is -2.22. The number of ketones is 2. The Morgan fingerprint density at radius 2 is 1.48 bits per heavy atom. The minimum atomic E-state index is -1.17. The normalized spacial score (nSPS) is 14.1. The van der Waals surface area contributed by atoms with E-state index >= 15 is 0 Å². The van der Waals surface area contributed by atoms with Gasteiger partial charge in [-0.15, -0.1) is 0 Å². The molecule has 7 heteroatoms. The summed E-state index contributed by atoms with van der Waals surface area (Å²) in [6.07, 6.45) is 0. The van der Waals surface area contributed by atoms with Gasteiger partial charge in [0.1, 0.15) is 5.75 Å². The highest BCUT2D eigenvalue weighted by atomic mass is 16.5. The summed E-state index contributed by atoms with van der Waals surface area (Å²) in [4.78, 5) is 38.0. The van der Waals surface area contributed by atoms with Crippen LogP contribution in [0.4, 0.5) is 0 Å². The summed E-state index contributed by atoms with van der Waals surface area (Å²) < 4.78 is 15.6. The zero-order valence-corrected chi connectivity index (χ0v) is 17.9. The number of benzene rings is 2. The largest absolute Gasteiger partial charge is 0.496 e. The zero-order valence-electron chi connectivity index (χ0n) is 17.9. The topological polar surface area (TPSA) is 99.1 Å². The van der Waals surface area contributed by atoms with Crippen LogP contribution >= 0.6 is 0 Å². The Hall–Kier alpha value is -3.87. The second-order valence-corrected chi connectivity index (χ2v) is 6.95. The predicted molar refractivity (Wildman–Crippen MR) is 114 cm³/mol. The van der Waals surface area contributed by atoms with Crippen molar-refractivity contribution in [3.8, 4) is 16.9 Å². The number of carbonyl (C=O) groups is 3. The molecule has 0 atom stereocenters. The summed E-state index contributed by atoms with van der Waals surface area (Å²) in [5.41, 5.74) is 2.24. The summed E-state index contributed by atoms with van der Waals surface area (Å²) in [6.45, 7) is 3.25. The first-order valence-electron chi connectivity index (χ1n) is 9.41. The number of allylic oxidation sites excluding steroid dienone is 2. The van der Waals surface area contributed by atoms with Gasteiger partial charge in [-0.05, 0) is 37.1 Å². The number of carboxylic acid groups (broad SMARTS) is 1. The van der Waals surface area contributed by atoms with E-state index in [4.69, 9.17) is 14.2 Å². The van der Waals surface area contributed by atoms with Crippen LogP contribution in [-0.4, -0.2) is 44.0 Å². The van der Waals surface area contributed by atoms with E-state index in [0.29, 0.717) is 28.0 Å². The second kappa shape index (κ2) is 8.47. The van der Waals surface area contributed by atoms with E-state index in [9.17, 15) is 19.5 Å². The van der Waals surface area contributed by atoms with Crippen LogP contribution in [0.1, 0.15) is 28.4 Å². The number of carboxylic acids is 1. The first-order chi connectivity index (χ1) is 14.8. The van der Waals surface area contributed by atoms with Crippen molar-refractivity contribution in [1.29, 1.82) is 0 Å². The number of aryl methyl sites for hydroxylation is 1. The van der Waals surface area contributed by atoms with Gasteiger partial charge in [-0.3, -0.25) is 9.59 Å². The van der Waals surface area contributed by atoms with Gasteiger partial charge in [0, 0.05) is 22.3 Å². The van der Waals surface area contributed by atoms with Gasteiger partial charge >= 0.3 is 5.97 Å². The van der Waals surface area contributed by atoms with Crippen LogP contribution in [0.25, 0.3) is 16.7 Å². The highest BCUT2D eigenvalue weighted by molar-refractivity contribution is 6.38. The third-order valence-corrected chi connectivity index (χ3v) is 5.20. The van der Waals surface area contributed by atoms with Crippen molar-refractivity contribution in [2.75, 3.05) is 21.3 Å². The Labute approximate surface area is 179 Å². The lowest BCUT2D eigenvalue weighted by Crippen LogP contribution is -2.24. The van der Waals surface area contributed by atoms with E-state index in [-0.39, 0.29) is 28.2 Å². The Balaban J connectivity index is 2.28. The molecule has 31 heavy (non-hydrogen) atoms. The standard InChI is InChI=1S/C24H22O7/c1-12-10-14(19-13(2)20(25)22(30-4)23(31-5)21(19)26)11-16(24(27)28)18(12)15-8-6-7-9-17(15)29-3/h6-11H,1-5H3,(H,27,28). The SMILES string of the molecule is COC1=C(OC)C(=O)C(c2cc(C)c(-c3ccccc3OC)c(C(=O)O)c2)=C(C)C1=O. The number of carbonyl (C=O) groups excluding carboxylic acids is 2. The molecule has 2 aromatic rings. The van der Waals surface area contributed by atoms with Gasteiger partial charge in [0.2, 0.25) is 23.1 Å². The minimum Gasteiger partial charge on any atom is -0.496 e. The van der Waals surface area contributed by atoms with Gasteiger partial charge in [0.05, 0.1) is 26.9 Å². The molecule has 1 aliphatic rings. The first-order valence-corrected chi connectivity index (χ1v) is 9.41. The molecule has 160 valence electrons. The number of hydrogen-bond donors (Lipinski definition) is 1. The Morgan fingerprint density at radius 3 is 2.06 bits per heavy atom. The lowest BCUT2D eigenvalue weighted by atomic mass is 9.84. The van der Waals surface area contributed by atoms with E-state index in [1.807, 2.05) is 0 Å². The van der Waals surface area contributed by atoms with E-state index in [0.717, 1.165) is 0 Å². The molecule has 7 nitrogen and oxygen atoms in total. The number of hydrogen-bond acceptors (Lipinski definition) is 6. The average Bonchev–Trinajstić information content (AvgIpc) is 2.75. The first kappa shape index (κ1) is 21.8. The van der Waals surface area contributed by atoms with Gasteiger partial charge in [-0.2, -0.15) is 0 Å². The van der Waals surface area contributed by atoms with Crippen molar-refractivity contribution in [1.82, 2.24) is 0 Å². The van der Waals surface area contributed by atoms with Crippen LogP contribution in [0.3, 0.4) is 0 Å². The van der Waals surface area contributed by atoms with Gasteiger partial charge in [0.15, 0.2) is 0 Å². The summed E-state index contributed by atoms with van der Waals surface area (Å²) in [5, 5.41) is 9.94. The predicted octanol–water partition coefficient (Wildman–Crippen LogP) is 3.80. The molecule has 0 fully saturated rings. The molecule has 0 saturated heterocycles. The van der Waals surface area contributed by atoms with Crippen LogP contribution in [0, 0.1) is 6.92 Å². The molecule has 0 amide bonds. The molecule has 1 N–H and O–H groups in total. The second-order valence-electron chi connectivity index (χ2n) is 6.95. The van der Waals surface area contributed by atoms with Crippen LogP contribution in [0.5, 0.6) is 5.75 Å². The molecule has 0 aliphatic heterocycles. The third kappa shape index (κ3) is 3.59.